The molecule has 8 heteroatoms. The molecule has 0 unspecified atom stereocenters. The van der Waals surface area contributed by atoms with Gasteiger partial charge in [0.25, 0.3) is 0 Å². The maximum Gasteiger partial charge on any atom is 0.155 e. The van der Waals surface area contributed by atoms with Crippen LogP contribution in [0.3, 0.4) is 0 Å². The molecular formula is C23H26Cl2N4OS. The average Bonchev–Trinajstić information content (AvgIpc) is 3.04. The molecule has 2 aromatic heterocycles. The number of carbonyl (C=O) groups is 1. The highest BCUT2D eigenvalue weighted by Gasteiger charge is 2.18. The van der Waals surface area contributed by atoms with Crippen LogP contribution in [0, 0.1) is 0 Å². The van der Waals surface area contributed by atoms with Crippen LogP contribution < -0.4 is 5.32 Å². The van der Waals surface area contributed by atoms with Gasteiger partial charge >= 0.3 is 0 Å². The Morgan fingerprint density at radius 2 is 1.90 bits per heavy atom. The number of carbonyl (C=O) groups excluding carboxylic acids is 1. The first-order chi connectivity index (χ1) is 14.9. The van der Waals surface area contributed by atoms with Gasteiger partial charge < -0.3 is 10.2 Å². The standard InChI is InChI=1S/C23H26Cl2N4OS/c1-4-6-19-20(9-8-18(30)7-5-10-29(2)3)31-23-21(19)22(26-14-27-23)28-17-12-15(24)11-16(25)13-17/h5,7,11-14H,4,6,8-10H2,1-3H3,(H,26,27,28)/b7-5+. The van der Waals surface area contributed by atoms with Gasteiger partial charge in [-0.3, -0.25) is 4.79 Å². The third-order valence-electron chi connectivity index (χ3n) is 4.67. The van der Waals surface area contributed by atoms with Crippen molar-refractivity contribution >= 4 is 62.0 Å². The van der Waals surface area contributed by atoms with Crippen molar-refractivity contribution in [2.75, 3.05) is 26.0 Å². The van der Waals surface area contributed by atoms with Gasteiger partial charge in [0, 0.05) is 33.6 Å². The summed E-state index contributed by atoms with van der Waals surface area (Å²) in [6.45, 7) is 2.91. The van der Waals surface area contributed by atoms with Crippen LogP contribution in [0.15, 0.2) is 36.7 Å². The SMILES string of the molecule is CCCc1c(CCC(=O)/C=C/CN(C)C)sc2ncnc(Nc3cc(Cl)cc(Cl)c3)c12. The van der Waals surface area contributed by atoms with Crippen molar-refractivity contribution in [2.45, 2.75) is 32.6 Å². The Morgan fingerprint density at radius 3 is 2.58 bits per heavy atom. The second-order valence-electron chi connectivity index (χ2n) is 7.57. The van der Waals surface area contributed by atoms with Gasteiger partial charge in [0.1, 0.15) is 17.0 Å². The van der Waals surface area contributed by atoms with Gasteiger partial charge in [0.15, 0.2) is 5.78 Å². The second kappa shape index (κ2) is 11.0. The first-order valence-corrected chi connectivity index (χ1v) is 11.8. The Bertz CT molecular complexity index is 1070. The third kappa shape index (κ3) is 6.50. The minimum Gasteiger partial charge on any atom is -0.339 e. The summed E-state index contributed by atoms with van der Waals surface area (Å²) in [7, 11) is 3.96. The van der Waals surface area contributed by atoms with Gasteiger partial charge in [-0.2, -0.15) is 0 Å². The minimum absolute atomic E-state index is 0.139. The summed E-state index contributed by atoms with van der Waals surface area (Å²) in [6, 6.07) is 5.32. The molecule has 0 bridgehead atoms. The van der Waals surface area contributed by atoms with Crippen molar-refractivity contribution in [3.8, 4) is 0 Å². The number of aryl methyl sites for hydroxylation is 2. The predicted octanol–water partition coefficient (Wildman–Crippen LogP) is 6.31. The fourth-order valence-electron chi connectivity index (χ4n) is 3.33. The molecule has 3 aromatic rings. The summed E-state index contributed by atoms with van der Waals surface area (Å²) < 4.78 is 0. The molecule has 2 heterocycles. The van der Waals surface area contributed by atoms with Gasteiger partial charge in [-0.1, -0.05) is 42.6 Å². The van der Waals surface area contributed by atoms with Gasteiger partial charge in [0.2, 0.25) is 0 Å². The van der Waals surface area contributed by atoms with E-state index in [0.29, 0.717) is 22.9 Å². The number of rotatable bonds is 10. The van der Waals surface area contributed by atoms with Crippen molar-refractivity contribution in [3.63, 3.8) is 0 Å². The number of anilines is 2. The minimum atomic E-state index is 0.139. The molecule has 0 radical (unpaired) electrons. The first-order valence-electron chi connectivity index (χ1n) is 10.2. The van der Waals surface area contributed by atoms with Gasteiger partial charge in [-0.05, 0) is 56.8 Å². The molecular weight excluding hydrogens is 451 g/mol. The highest BCUT2D eigenvalue weighted by Crippen LogP contribution is 2.37. The maximum absolute atomic E-state index is 12.3. The highest BCUT2D eigenvalue weighted by molar-refractivity contribution is 7.19. The van der Waals surface area contributed by atoms with E-state index in [1.54, 1.807) is 29.8 Å². The van der Waals surface area contributed by atoms with Crippen LogP contribution in [0.25, 0.3) is 10.2 Å². The Balaban J connectivity index is 1.88. The molecule has 0 saturated carbocycles. The molecule has 0 aliphatic carbocycles. The van der Waals surface area contributed by atoms with Crippen molar-refractivity contribution in [2.24, 2.45) is 0 Å². The monoisotopic (exact) mass is 476 g/mol. The molecule has 0 saturated heterocycles. The molecule has 0 atom stereocenters. The Hall–Kier alpha value is -1.99. The van der Waals surface area contributed by atoms with Gasteiger partial charge in [-0.25, -0.2) is 9.97 Å². The largest absolute Gasteiger partial charge is 0.339 e. The summed E-state index contributed by atoms with van der Waals surface area (Å²) in [5.74, 6) is 0.867. The number of aromatic nitrogens is 2. The van der Waals surface area contributed by atoms with Crippen LogP contribution in [0.2, 0.25) is 10.0 Å². The van der Waals surface area contributed by atoms with E-state index >= 15 is 0 Å². The predicted molar refractivity (Wildman–Crippen MR) is 132 cm³/mol. The number of likely N-dealkylation sites (N-methyl/N-ethyl adjacent to an activating group) is 1. The molecule has 0 amide bonds. The van der Waals surface area contributed by atoms with E-state index in [9.17, 15) is 4.79 Å². The topological polar surface area (TPSA) is 58.1 Å². The summed E-state index contributed by atoms with van der Waals surface area (Å²) in [5, 5.41) is 5.47. The third-order valence-corrected chi connectivity index (χ3v) is 6.31. The fraction of sp³-hybridized carbons (Fsp3) is 0.348. The number of benzene rings is 1. The number of hydrogen-bond acceptors (Lipinski definition) is 6. The van der Waals surface area contributed by atoms with Crippen LogP contribution in [0.1, 0.15) is 30.2 Å². The number of fused-ring (bicyclic) bond motifs is 1. The van der Waals surface area contributed by atoms with Crippen LogP contribution in [0.5, 0.6) is 0 Å². The smallest absolute Gasteiger partial charge is 0.155 e. The van der Waals surface area contributed by atoms with Crippen LogP contribution in [-0.2, 0) is 17.6 Å². The van der Waals surface area contributed by atoms with E-state index in [1.165, 1.54) is 10.4 Å². The average molecular weight is 477 g/mol. The number of thiophene rings is 1. The fourth-order valence-corrected chi connectivity index (χ4v) is 5.04. The van der Waals surface area contributed by atoms with E-state index in [2.05, 4.69) is 22.2 Å². The van der Waals surface area contributed by atoms with E-state index in [1.807, 2.05) is 37.2 Å². The molecule has 5 nitrogen and oxygen atoms in total. The quantitative estimate of drug-likeness (QED) is 0.347. The van der Waals surface area contributed by atoms with Crippen molar-refractivity contribution < 1.29 is 4.79 Å². The Morgan fingerprint density at radius 1 is 1.16 bits per heavy atom. The Kier molecular flexibility index (Phi) is 8.43. The number of nitrogens with zero attached hydrogens (tertiary/aromatic N) is 3. The lowest BCUT2D eigenvalue weighted by Crippen LogP contribution is -2.11. The summed E-state index contributed by atoms with van der Waals surface area (Å²) in [4.78, 5) is 25.4. The molecule has 0 aliphatic rings. The number of allylic oxidation sites excluding steroid dienone is 1. The summed E-state index contributed by atoms with van der Waals surface area (Å²) in [5.41, 5.74) is 1.98. The van der Waals surface area contributed by atoms with E-state index in [4.69, 9.17) is 23.2 Å². The molecule has 164 valence electrons. The lowest BCUT2D eigenvalue weighted by atomic mass is 10.0. The zero-order valence-electron chi connectivity index (χ0n) is 17.9. The number of nitrogens with one attached hydrogen (secondary N) is 1. The molecule has 0 aliphatic heterocycles. The number of halogens is 2. The second-order valence-corrected chi connectivity index (χ2v) is 9.53. The van der Waals surface area contributed by atoms with E-state index < -0.39 is 0 Å². The van der Waals surface area contributed by atoms with E-state index in [-0.39, 0.29) is 5.78 Å². The molecule has 1 N–H and O–H groups in total. The number of hydrogen-bond donors (Lipinski definition) is 1. The number of ketones is 1. The maximum atomic E-state index is 12.3. The molecule has 0 fully saturated rings. The summed E-state index contributed by atoms with van der Waals surface area (Å²) >= 11 is 13.9. The summed E-state index contributed by atoms with van der Waals surface area (Å²) in [6.07, 6.45) is 8.22. The van der Waals surface area contributed by atoms with Crippen molar-refractivity contribution in [1.82, 2.24) is 14.9 Å². The van der Waals surface area contributed by atoms with Gasteiger partial charge in [-0.15, -0.1) is 11.3 Å². The molecule has 1 aromatic carbocycles. The normalized spacial score (nSPS) is 11.7. The van der Waals surface area contributed by atoms with Crippen LogP contribution >= 0.6 is 34.5 Å². The zero-order valence-corrected chi connectivity index (χ0v) is 20.2. The molecule has 0 spiro atoms. The lowest BCUT2D eigenvalue weighted by molar-refractivity contribution is -0.114. The zero-order chi connectivity index (χ0) is 22.4. The lowest BCUT2D eigenvalue weighted by Gasteiger charge is -2.10. The Labute approximate surface area is 197 Å². The molecule has 3 rings (SSSR count). The first kappa shape index (κ1) is 23.7. The van der Waals surface area contributed by atoms with Crippen LogP contribution in [0.4, 0.5) is 11.5 Å². The van der Waals surface area contributed by atoms with Crippen molar-refractivity contribution in [1.29, 1.82) is 0 Å². The van der Waals surface area contributed by atoms with Gasteiger partial charge in [0.05, 0.1) is 5.39 Å². The highest BCUT2D eigenvalue weighted by atomic mass is 35.5. The molecule has 31 heavy (non-hydrogen) atoms. The van der Waals surface area contributed by atoms with Crippen LogP contribution in [-0.4, -0.2) is 41.3 Å². The van der Waals surface area contributed by atoms with E-state index in [0.717, 1.165) is 41.1 Å². The van der Waals surface area contributed by atoms with Crippen molar-refractivity contribution in [3.05, 3.63) is 57.2 Å².